The average molecular weight is 178 g/mol. The molecule has 8 N–H and O–H groups in total. The number of nitrogens with two attached hydrogens (primary N) is 3. The van der Waals surface area contributed by atoms with Crippen molar-refractivity contribution in [3.05, 3.63) is 0 Å². The summed E-state index contributed by atoms with van der Waals surface area (Å²) in [6.45, 7) is 0.500. The zero-order chi connectivity index (χ0) is 9.56. The van der Waals surface area contributed by atoms with Gasteiger partial charge in [0.15, 0.2) is 0 Å². The first kappa shape index (κ1) is 11.8. The third kappa shape index (κ3) is 3.44. The third-order valence-corrected chi connectivity index (χ3v) is 1.74. The van der Waals surface area contributed by atoms with E-state index < -0.39 is 12.1 Å². The maximum Gasteiger partial charge on any atom is 0.0869 e. The second-order valence-electron chi connectivity index (χ2n) is 2.56. The minimum Gasteiger partial charge on any atom is -0.390 e. The summed E-state index contributed by atoms with van der Waals surface area (Å²) in [6, 6.07) is -0.518. The van der Waals surface area contributed by atoms with Gasteiger partial charge in [0.2, 0.25) is 0 Å². The highest BCUT2D eigenvalue weighted by Gasteiger charge is 2.22. The molecule has 0 radical (unpaired) electrons. The van der Waals surface area contributed by atoms with Gasteiger partial charge in [-0.05, 0) is 0 Å². The van der Waals surface area contributed by atoms with Crippen molar-refractivity contribution in [1.82, 2.24) is 5.43 Å². The second-order valence-corrected chi connectivity index (χ2v) is 2.56. The molecule has 0 aliphatic carbocycles. The lowest BCUT2D eigenvalue weighted by atomic mass is 10.1. The third-order valence-electron chi connectivity index (χ3n) is 1.74. The van der Waals surface area contributed by atoms with Crippen LogP contribution in [0.4, 0.5) is 0 Å². The highest BCUT2D eigenvalue weighted by molar-refractivity contribution is 4.81. The highest BCUT2D eigenvalue weighted by atomic mass is 16.5. The molecule has 0 aromatic carbocycles. The van der Waals surface area contributed by atoms with Crippen LogP contribution in [0.25, 0.3) is 0 Å². The van der Waals surface area contributed by atoms with Crippen LogP contribution < -0.4 is 22.7 Å². The van der Waals surface area contributed by atoms with Gasteiger partial charge in [-0.2, -0.15) is 0 Å². The summed E-state index contributed by atoms with van der Waals surface area (Å²) >= 11 is 0. The SMILES string of the molecule is COC(CN)C(N)C(O)CNN. The summed E-state index contributed by atoms with van der Waals surface area (Å²) in [5, 5.41) is 9.35. The molecule has 12 heavy (non-hydrogen) atoms. The molecule has 0 saturated heterocycles. The van der Waals surface area contributed by atoms with Crippen LogP contribution in [-0.4, -0.2) is 43.6 Å². The molecule has 0 heterocycles. The molecule has 0 rings (SSSR count). The minimum atomic E-state index is -0.747. The van der Waals surface area contributed by atoms with Crippen molar-refractivity contribution < 1.29 is 9.84 Å². The Morgan fingerprint density at radius 2 is 2.17 bits per heavy atom. The Morgan fingerprint density at radius 1 is 1.58 bits per heavy atom. The molecule has 0 aromatic rings. The second kappa shape index (κ2) is 6.30. The molecule has 0 aromatic heterocycles. The molecule has 6 nitrogen and oxygen atoms in total. The van der Waals surface area contributed by atoms with E-state index in [1.54, 1.807) is 0 Å². The Morgan fingerprint density at radius 3 is 2.50 bits per heavy atom. The zero-order valence-corrected chi connectivity index (χ0v) is 7.23. The number of ether oxygens (including phenoxy) is 1. The Balaban J connectivity index is 3.87. The molecule has 0 amide bonds. The van der Waals surface area contributed by atoms with Crippen LogP contribution in [0.15, 0.2) is 0 Å². The van der Waals surface area contributed by atoms with Gasteiger partial charge in [0, 0.05) is 20.2 Å². The molecular weight excluding hydrogens is 160 g/mol. The fraction of sp³-hybridized carbons (Fsp3) is 1.00. The van der Waals surface area contributed by atoms with Gasteiger partial charge < -0.3 is 21.3 Å². The van der Waals surface area contributed by atoms with Crippen LogP contribution in [0.2, 0.25) is 0 Å². The van der Waals surface area contributed by atoms with Gasteiger partial charge in [0.05, 0.1) is 18.2 Å². The number of hydrogen-bond donors (Lipinski definition) is 5. The Hall–Kier alpha value is -0.240. The molecule has 3 atom stereocenters. The molecule has 0 bridgehead atoms. The van der Waals surface area contributed by atoms with Gasteiger partial charge in [-0.25, -0.2) is 0 Å². The van der Waals surface area contributed by atoms with E-state index in [2.05, 4.69) is 5.43 Å². The highest BCUT2D eigenvalue weighted by Crippen LogP contribution is 1.98. The number of aliphatic hydroxyl groups excluding tert-OH is 1. The van der Waals surface area contributed by atoms with E-state index >= 15 is 0 Å². The van der Waals surface area contributed by atoms with E-state index in [9.17, 15) is 5.11 Å². The lowest BCUT2D eigenvalue weighted by Gasteiger charge is -2.25. The van der Waals surface area contributed by atoms with E-state index in [-0.39, 0.29) is 19.2 Å². The number of nitrogens with one attached hydrogen (secondary N) is 1. The van der Waals surface area contributed by atoms with Crippen molar-refractivity contribution in [1.29, 1.82) is 0 Å². The Kier molecular flexibility index (Phi) is 6.17. The standard InChI is InChI=1S/C6H18N4O2/c1-12-5(2-7)6(8)4(11)3-10-9/h4-6,10-11H,2-3,7-9H2,1H3. The van der Waals surface area contributed by atoms with Gasteiger partial charge in [-0.3, -0.25) is 11.3 Å². The molecule has 0 aliphatic heterocycles. The fourth-order valence-corrected chi connectivity index (χ4v) is 0.915. The fourth-order valence-electron chi connectivity index (χ4n) is 0.915. The van der Waals surface area contributed by atoms with Crippen LogP contribution in [0.5, 0.6) is 0 Å². The zero-order valence-electron chi connectivity index (χ0n) is 7.23. The number of hydrogen-bond acceptors (Lipinski definition) is 6. The topological polar surface area (TPSA) is 120 Å². The molecular formula is C6H18N4O2. The van der Waals surface area contributed by atoms with Crippen molar-refractivity contribution in [2.45, 2.75) is 18.2 Å². The summed E-state index contributed by atoms with van der Waals surface area (Å²) in [7, 11) is 1.50. The Bertz CT molecular complexity index is 110. The predicted molar refractivity (Wildman–Crippen MR) is 46.0 cm³/mol. The van der Waals surface area contributed by atoms with Crippen LogP contribution >= 0.6 is 0 Å². The summed E-state index contributed by atoms with van der Waals surface area (Å²) in [5.41, 5.74) is 13.3. The molecule has 6 heteroatoms. The Labute approximate surface area is 72.0 Å². The maximum absolute atomic E-state index is 9.35. The monoisotopic (exact) mass is 178 g/mol. The van der Waals surface area contributed by atoms with Crippen LogP contribution in [0.1, 0.15) is 0 Å². The summed E-state index contributed by atoms with van der Waals surface area (Å²) < 4.78 is 4.95. The van der Waals surface area contributed by atoms with Gasteiger partial charge in [-0.1, -0.05) is 0 Å². The van der Waals surface area contributed by atoms with Crippen LogP contribution in [-0.2, 0) is 4.74 Å². The largest absolute Gasteiger partial charge is 0.390 e. The van der Waals surface area contributed by atoms with Crippen molar-refractivity contribution in [2.24, 2.45) is 17.3 Å². The lowest BCUT2D eigenvalue weighted by molar-refractivity contribution is 0.0296. The van der Waals surface area contributed by atoms with Crippen molar-refractivity contribution in [3.63, 3.8) is 0 Å². The number of aliphatic hydroxyl groups is 1. The molecule has 74 valence electrons. The molecule has 0 saturated carbocycles. The van der Waals surface area contributed by atoms with Crippen LogP contribution in [0, 0.1) is 0 Å². The predicted octanol–water partition coefficient (Wildman–Crippen LogP) is -2.89. The maximum atomic E-state index is 9.35. The lowest BCUT2D eigenvalue weighted by Crippen LogP contribution is -2.53. The van der Waals surface area contributed by atoms with E-state index in [4.69, 9.17) is 22.0 Å². The van der Waals surface area contributed by atoms with E-state index in [1.165, 1.54) is 7.11 Å². The average Bonchev–Trinajstić information content (AvgIpc) is 2.07. The molecule has 0 fully saturated rings. The number of hydrazine groups is 1. The number of methoxy groups -OCH3 is 1. The van der Waals surface area contributed by atoms with Gasteiger partial charge in [0.25, 0.3) is 0 Å². The molecule has 0 aliphatic rings. The normalized spacial score (nSPS) is 18.8. The quantitative estimate of drug-likeness (QED) is 0.220. The smallest absolute Gasteiger partial charge is 0.0869 e. The molecule has 0 spiro atoms. The first-order valence-corrected chi connectivity index (χ1v) is 3.77. The summed E-state index contributed by atoms with van der Waals surface area (Å²) in [5.74, 6) is 5.01. The van der Waals surface area contributed by atoms with Gasteiger partial charge in [-0.15, -0.1) is 0 Å². The van der Waals surface area contributed by atoms with Gasteiger partial charge >= 0.3 is 0 Å². The van der Waals surface area contributed by atoms with Crippen LogP contribution in [0.3, 0.4) is 0 Å². The van der Waals surface area contributed by atoms with Crippen molar-refractivity contribution in [3.8, 4) is 0 Å². The number of rotatable bonds is 6. The minimum absolute atomic E-state index is 0.223. The summed E-state index contributed by atoms with van der Waals surface area (Å²) in [4.78, 5) is 0. The first-order chi connectivity index (χ1) is 5.67. The van der Waals surface area contributed by atoms with E-state index in [0.717, 1.165) is 0 Å². The first-order valence-electron chi connectivity index (χ1n) is 3.77. The van der Waals surface area contributed by atoms with Crippen molar-refractivity contribution in [2.75, 3.05) is 20.2 Å². The van der Waals surface area contributed by atoms with E-state index in [0.29, 0.717) is 0 Å². The molecule has 3 unspecified atom stereocenters. The van der Waals surface area contributed by atoms with E-state index in [1.807, 2.05) is 0 Å². The van der Waals surface area contributed by atoms with Gasteiger partial charge in [0.1, 0.15) is 0 Å². The summed E-state index contributed by atoms with van der Waals surface area (Å²) in [6.07, 6.45) is -1.09. The van der Waals surface area contributed by atoms with Crippen molar-refractivity contribution >= 4 is 0 Å².